The van der Waals surface area contributed by atoms with Crippen molar-refractivity contribution in [1.82, 2.24) is 5.32 Å². The number of hydrogen-bond donors (Lipinski definition) is 2. The number of carbonyl (C=O) groups excluding carboxylic acids is 1. The quantitative estimate of drug-likeness (QED) is 0.876. The average molecular weight is 283 g/mol. The van der Waals surface area contributed by atoms with Gasteiger partial charge in [-0.05, 0) is 31.0 Å². The highest BCUT2D eigenvalue weighted by Gasteiger charge is 2.44. The van der Waals surface area contributed by atoms with Crippen molar-refractivity contribution in [3.05, 3.63) is 34.9 Å². The van der Waals surface area contributed by atoms with Crippen LogP contribution in [0.25, 0.3) is 0 Å². The molecule has 1 aliphatic heterocycles. The van der Waals surface area contributed by atoms with Gasteiger partial charge < -0.3 is 15.8 Å². The highest BCUT2D eigenvalue weighted by molar-refractivity contribution is 6.30. The van der Waals surface area contributed by atoms with Crippen molar-refractivity contribution in [1.29, 1.82) is 0 Å². The van der Waals surface area contributed by atoms with Crippen LogP contribution in [0.4, 0.5) is 0 Å². The summed E-state index contributed by atoms with van der Waals surface area (Å²) in [4.78, 5) is 12.1. The van der Waals surface area contributed by atoms with E-state index in [9.17, 15) is 4.79 Å². The minimum Gasteiger partial charge on any atom is -0.379 e. The van der Waals surface area contributed by atoms with Gasteiger partial charge in [-0.2, -0.15) is 0 Å². The molecule has 0 bridgehead atoms. The number of halogens is 1. The largest absolute Gasteiger partial charge is 0.379 e. The molecule has 1 aromatic rings. The summed E-state index contributed by atoms with van der Waals surface area (Å²) in [6, 6.07) is 7.39. The Labute approximate surface area is 118 Å². The fourth-order valence-corrected chi connectivity index (χ4v) is 2.35. The van der Waals surface area contributed by atoms with E-state index in [1.54, 1.807) is 0 Å². The molecule has 0 saturated carbocycles. The second-order valence-corrected chi connectivity index (χ2v) is 5.61. The van der Waals surface area contributed by atoms with Gasteiger partial charge in [0.05, 0.1) is 18.6 Å². The molecule has 1 saturated heterocycles. The molecule has 19 heavy (non-hydrogen) atoms. The summed E-state index contributed by atoms with van der Waals surface area (Å²) in [6.07, 6.45) is 0.748. The third-order valence-corrected chi connectivity index (χ3v) is 3.86. The van der Waals surface area contributed by atoms with Gasteiger partial charge in [0.15, 0.2) is 0 Å². The third-order valence-electron chi connectivity index (χ3n) is 3.62. The number of hydrogen-bond acceptors (Lipinski definition) is 3. The molecular weight excluding hydrogens is 264 g/mol. The van der Waals surface area contributed by atoms with Gasteiger partial charge in [-0.25, -0.2) is 0 Å². The van der Waals surface area contributed by atoms with Gasteiger partial charge in [-0.15, -0.1) is 0 Å². The normalized spacial score (nSPS) is 26.4. The molecule has 5 heteroatoms. The van der Waals surface area contributed by atoms with E-state index in [0.717, 1.165) is 12.0 Å². The van der Waals surface area contributed by atoms with Crippen molar-refractivity contribution >= 4 is 17.5 Å². The molecule has 0 aliphatic carbocycles. The van der Waals surface area contributed by atoms with Crippen LogP contribution in [0.2, 0.25) is 5.02 Å². The zero-order chi connectivity index (χ0) is 13.9. The Bertz CT molecular complexity index is 467. The molecule has 0 spiro atoms. The fourth-order valence-electron chi connectivity index (χ4n) is 2.14. The molecule has 1 heterocycles. The lowest BCUT2D eigenvalue weighted by atomic mass is 9.85. The van der Waals surface area contributed by atoms with Crippen molar-refractivity contribution in [2.24, 2.45) is 11.1 Å². The van der Waals surface area contributed by atoms with E-state index in [-0.39, 0.29) is 11.9 Å². The Morgan fingerprint density at radius 2 is 2.42 bits per heavy atom. The maximum absolute atomic E-state index is 12.1. The van der Waals surface area contributed by atoms with Gasteiger partial charge in [0.2, 0.25) is 5.91 Å². The molecule has 0 aromatic heterocycles. The van der Waals surface area contributed by atoms with Crippen LogP contribution in [-0.2, 0) is 16.0 Å². The Hall–Kier alpha value is -1.10. The van der Waals surface area contributed by atoms with Gasteiger partial charge in [0, 0.05) is 17.6 Å². The summed E-state index contributed by atoms with van der Waals surface area (Å²) >= 11 is 5.91. The molecule has 4 nitrogen and oxygen atoms in total. The van der Waals surface area contributed by atoms with Crippen LogP contribution in [0.1, 0.15) is 12.5 Å². The molecule has 2 atom stereocenters. The van der Waals surface area contributed by atoms with Crippen molar-refractivity contribution in [2.45, 2.75) is 19.4 Å². The monoisotopic (exact) mass is 282 g/mol. The molecule has 2 unspecified atom stereocenters. The van der Waals surface area contributed by atoms with Crippen LogP contribution in [0, 0.1) is 5.41 Å². The summed E-state index contributed by atoms with van der Waals surface area (Å²) in [5, 5.41) is 3.63. The Kier molecular flexibility index (Phi) is 4.45. The van der Waals surface area contributed by atoms with Gasteiger partial charge in [0.1, 0.15) is 0 Å². The van der Waals surface area contributed by atoms with Gasteiger partial charge in [-0.1, -0.05) is 23.7 Å². The van der Waals surface area contributed by atoms with E-state index in [1.807, 2.05) is 31.2 Å². The molecule has 1 aliphatic rings. The molecule has 0 radical (unpaired) electrons. The molecule has 1 fully saturated rings. The Morgan fingerprint density at radius 1 is 1.63 bits per heavy atom. The lowest BCUT2D eigenvalue weighted by Crippen LogP contribution is -2.50. The van der Waals surface area contributed by atoms with Gasteiger partial charge in [-0.3, -0.25) is 4.79 Å². The summed E-state index contributed by atoms with van der Waals surface area (Å²) in [7, 11) is 0. The standard InChI is InChI=1S/C14H19ClN2O2/c1-14(9-19-8-12(14)16)13(18)17-6-5-10-3-2-4-11(15)7-10/h2-4,7,12H,5-6,8-9,16H2,1H3,(H,17,18). The van der Waals surface area contributed by atoms with Gasteiger partial charge in [0.25, 0.3) is 0 Å². The molecule has 3 N–H and O–H groups in total. The Balaban J connectivity index is 1.84. The van der Waals surface area contributed by atoms with E-state index in [2.05, 4.69) is 5.32 Å². The predicted molar refractivity (Wildman–Crippen MR) is 75.1 cm³/mol. The predicted octanol–water partition coefficient (Wildman–Crippen LogP) is 1.36. The van der Waals surface area contributed by atoms with Crippen LogP contribution < -0.4 is 11.1 Å². The fraction of sp³-hybridized carbons (Fsp3) is 0.500. The van der Waals surface area contributed by atoms with Crippen molar-refractivity contribution in [3.8, 4) is 0 Å². The second kappa shape index (κ2) is 5.90. The zero-order valence-electron chi connectivity index (χ0n) is 11.0. The number of nitrogens with one attached hydrogen (secondary N) is 1. The minimum atomic E-state index is -0.617. The highest BCUT2D eigenvalue weighted by Crippen LogP contribution is 2.27. The van der Waals surface area contributed by atoms with Gasteiger partial charge >= 0.3 is 0 Å². The topological polar surface area (TPSA) is 64.3 Å². The van der Waals surface area contributed by atoms with E-state index >= 15 is 0 Å². The maximum Gasteiger partial charge on any atom is 0.229 e. The number of benzene rings is 1. The SMILES string of the molecule is CC1(C(=O)NCCc2cccc(Cl)c2)COCC1N. The van der Waals surface area contributed by atoms with Crippen LogP contribution in [0.15, 0.2) is 24.3 Å². The summed E-state index contributed by atoms with van der Waals surface area (Å²) in [5.74, 6) is -0.0421. The number of carbonyl (C=O) groups is 1. The van der Waals surface area contributed by atoms with E-state index in [4.69, 9.17) is 22.1 Å². The van der Waals surface area contributed by atoms with E-state index in [1.165, 1.54) is 0 Å². The van der Waals surface area contributed by atoms with Crippen molar-refractivity contribution in [3.63, 3.8) is 0 Å². The highest BCUT2D eigenvalue weighted by atomic mass is 35.5. The number of ether oxygens (including phenoxy) is 1. The first-order chi connectivity index (χ1) is 9.02. The molecule has 1 aromatic carbocycles. The first kappa shape index (κ1) is 14.3. The molecule has 104 valence electrons. The maximum atomic E-state index is 12.1. The Morgan fingerprint density at radius 3 is 3.05 bits per heavy atom. The van der Waals surface area contributed by atoms with E-state index < -0.39 is 5.41 Å². The second-order valence-electron chi connectivity index (χ2n) is 5.17. The summed E-state index contributed by atoms with van der Waals surface area (Å²) < 4.78 is 5.27. The smallest absolute Gasteiger partial charge is 0.229 e. The van der Waals surface area contributed by atoms with Crippen molar-refractivity contribution < 1.29 is 9.53 Å². The number of amides is 1. The van der Waals surface area contributed by atoms with Crippen LogP contribution in [0.3, 0.4) is 0 Å². The molecule has 2 rings (SSSR count). The number of rotatable bonds is 4. The third kappa shape index (κ3) is 3.26. The van der Waals surface area contributed by atoms with Crippen LogP contribution >= 0.6 is 11.6 Å². The first-order valence-electron chi connectivity index (χ1n) is 6.38. The lowest BCUT2D eigenvalue weighted by molar-refractivity contribution is -0.130. The molecule has 1 amide bonds. The number of nitrogens with two attached hydrogens (primary N) is 1. The lowest BCUT2D eigenvalue weighted by Gasteiger charge is -2.25. The van der Waals surface area contributed by atoms with Crippen LogP contribution in [0.5, 0.6) is 0 Å². The van der Waals surface area contributed by atoms with E-state index in [0.29, 0.717) is 24.8 Å². The minimum absolute atomic E-state index is 0.0421. The van der Waals surface area contributed by atoms with Crippen molar-refractivity contribution in [2.75, 3.05) is 19.8 Å². The zero-order valence-corrected chi connectivity index (χ0v) is 11.7. The first-order valence-corrected chi connectivity index (χ1v) is 6.76. The summed E-state index contributed by atoms with van der Waals surface area (Å²) in [5.41, 5.74) is 6.40. The van der Waals surface area contributed by atoms with Crippen LogP contribution in [-0.4, -0.2) is 31.7 Å². The summed E-state index contributed by atoms with van der Waals surface area (Å²) in [6.45, 7) is 3.25. The molecular formula is C14H19ClN2O2. The average Bonchev–Trinajstić information content (AvgIpc) is 2.71.